The summed E-state index contributed by atoms with van der Waals surface area (Å²) in [6.07, 6.45) is 3.36. The Morgan fingerprint density at radius 3 is 1.60 bits per heavy atom. The summed E-state index contributed by atoms with van der Waals surface area (Å²) < 4.78 is 9.11. The van der Waals surface area contributed by atoms with E-state index >= 15 is 0 Å². The van der Waals surface area contributed by atoms with Crippen molar-refractivity contribution in [1.82, 2.24) is 0 Å². The van der Waals surface area contributed by atoms with Crippen LogP contribution in [-0.2, 0) is 24.7 Å². The van der Waals surface area contributed by atoms with E-state index < -0.39 is 21.9 Å². The van der Waals surface area contributed by atoms with Crippen LogP contribution in [0, 0.1) is 26.3 Å². The van der Waals surface area contributed by atoms with Gasteiger partial charge in [-0.05, 0) is 0 Å². The van der Waals surface area contributed by atoms with Crippen molar-refractivity contribution in [2.75, 3.05) is 13.7 Å². The van der Waals surface area contributed by atoms with Crippen molar-refractivity contribution < 1.29 is 34.9 Å². The summed E-state index contributed by atoms with van der Waals surface area (Å²) in [5, 5.41) is 14.5. The van der Waals surface area contributed by atoms with Crippen molar-refractivity contribution in [3.8, 4) is 0 Å². The first-order chi connectivity index (χ1) is 7.95. The van der Waals surface area contributed by atoms with Crippen LogP contribution in [0.15, 0.2) is 16.7 Å². The molecule has 0 spiro atoms. The molecular weight excluding hydrogens is 394 g/mol. The molecule has 1 aliphatic rings. The van der Waals surface area contributed by atoms with Gasteiger partial charge in [0.1, 0.15) is 0 Å². The van der Waals surface area contributed by atoms with Gasteiger partial charge in [0.15, 0.2) is 0 Å². The second-order valence-corrected chi connectivity index (χ2v) is 5.58. The molecule has 3 nitrogen and oxygen atoms in total. The number of hydrogen-bond donors (Lipinski definition) is 2. The molecule has 0 saturated heterocycles. The fourth-order valence-corrected chi connectivity index (χ4v) is 1.16. The van der Waals surface area contributed by atoms with Crippen molar-refractivity contribution in [2.45, 2.75) is 27.7 Å². The minimum atomic E-state index is -0.992. The zero-order valence-electron chi connectivity index (χ0n) is 13.3. The van der Waals surface area contributed by atoms with Gasteiger partial charge in [0.05, 0.1) is 0 Å². The van der Waals surface area contributed by atoms with Crippen LogP contribution in [0.25, 0.3) is 0 Å². The first-order valence-electron chi connectivity index (χ1n) is 5.23. The van der Waals surface area contributed by atoms with E-state index in [0.717, 1.165) is 7.11 Å². The molecule has 0 aliphatic heterocycles. The topological polar surface area (TPSA) is 57.5 Å². The number of hydrogen-bond acceptors (Lipinski definition) is 3. The van der Waals surface area contributed by atoms with Crippen molar-refractivity contribution >= 4 is 31.7 Å². The van der Waals surface area contributed by atoms with Gasteiger partial charge in [0.25, 0.3) is 0 Å². The molecule has 0 amide bonds. The van der Waals surface area contributed by atoms with Gasteiger partial charge in [-0.2, -0.15) is 11.1 Å². The molecule has 0 saturated carbocycles. The van der Waals surface area contributed by atoms with Gasteiger partial charge >= 0.3 is 31.5 Å². The summed E-state index contributed by atoms with van der Waals surface area (Å²) in [6, 6.07) is 0. The first kappa shape index (κ1) is 37.3. The van der Waals surface area contributed by atoms with Crippen LogP contribution in [0.2, 0.25) is 0 Å². The van der Waals surface area contributed by atoms with Gasteiger partial charge in [0.2, 0.25) is 0 Å². The molecule has 0 aromatic rings. The van der Waals surface area contributed by atoms with Crippen LogP contribution in [0.5, 0.6) is 0 Å². The average molecular weight is 424 g/mol. The van der Waals surface area contributed by atoms with Crippen molar-refractivity contribution in [1.29, 1.82) is 0 Å². The molecule has 0 aromatic heterocycles. The third-order valence-corrected chi connectivity index (χ3v) is 2.24. The molecule has 0 radical (unpaired) electrons. The Morgan fingerprint density at radius 1 is 1.30 bits per heavy atom. The van der Waals surface area contributed by atoms with Gasteiger partial charge in [-0.25, -0.2) is 5.57 Å². The summed E-state index contributed by atoms with van der Waals surface area (Å²) >= 11 is -0.992. The molecule has 0 bridgehead atoms. The SMILES string of the molecule is CC1=[C-]C(C)C(C)=C1C.CO.Cl.Cl.[CH2-]CO.[CH3-].[O]=[Zr]=[SiH2]. The molecule has 2 N–H and O–H groups in total. The van der Waals surface area contributed by atoms with Crippen molar-refractivity contribution in [2.24, 2.45) is 5.92 Å². The quantitative estimate of drug-likeness (QED) is 0.465. The predicted octanol–water partition coefficient (Wildman–Crippen LogP) is 2.40. The summed E-state index contributed by atoms with van der Waals surface area (Å²) in [7, 11) is 1.00. The summed E-state index contributed by atoms with van der Waals surface area (Å²) in [5.74, 6) is 0.560. The maximum absolute atomic E-state index is 9.11. The summed E-state index contributed by atoms with van der Waals surface area (Å²) in [5.41, 5.74) is 4.25. The van der Waals surface area contributed by atoms with Crippen molar-refractivity contribution in [3.05, 3.63) is 37.1 Å². The van der Waals surface area contributed by atoms with Crippen LogP contribution in [0.1, 0.15) is 27.7 Å². The van der Waals surface area contributed by atoms with Gasteiger partial charge < -0.3 is 24.6 Å². The monoisotopic (exact) mass is 421 g/mol. The Morgan fingerprint density at radius 2 is 1.55 bits per heavy atom. The number of halogens is 2. The molecule has 1 aliphatic carbocycles. The fourth-order valence-electron chi connectivity index (χ4n) is 1.16. The van der Waals surface area contributed by atoms with E-state index in [1.54, 1.807) is 6.88 Å². The molecule has 7 heteroatoms. The molecule has 1 unspecified atom stereocenters. The maximum atomic E-state index is 9.11. The van der Waals surface area contributed by atoms with Crippen LogP contribution >= 0.6 is 24.8 Å². The Hall–Kier alpha value is 0.880. The Kier molecular flexibility index (Phi) is 52.4. The molecule has 0 aromatic carbocycles. The van der Waals surface area contributed by atoms with E-state index in [2.05, 4.69) is 40.7 Å². The van der Waals surface area contributed by atoms with E-state index in [4.69, 9.17) is 13.0 Å². The van der Waals surface area contributed by atoms with Gasteiger partial charge in [0, 0.05) is 7.11 Å². The van der Waals surface area contributed by atoms with Crippen molar-refractivity contribution in [3.63, 3.8) is 0 Å². The van der Waals surface area contributed by atoms with Gasteiger partial charge in [-0.3, -0.25) is 6.08 Å². The molecule has 20 heavy (non-hydrogen) atoms. The third-order valence-electron chi connectivity index (χ3n) is 2.24. The number of aliphatic hydroxyl groups is 2. The fraction of sp³-hybridized carbons (Fsp3) is 0.538. The van der Waals surface area contributed by atoms with E-state index in [1.165, 1.54) is 16.7 Å². The number of rotatable bonds is 0. The second kappa shape index (κ2) is 28.1. The molecule has 124 valence electrons. The summed E-state index contributed by atoms with van der Waals surface area (Å²) in [6.45, 7) is 13.3. The van der Waals surface area contributed by atoms with Crippen LogP contribution in [0.3, 0.4) is 0 Å². The number of allylic oxidation sites excluding steroid dienone is 4. The van der Waals surface area contributed by atoms with E-state index in [1.807, 2.05) is 0 Å². The molecule has 1 rings (SSSR count). The summed E-state index contributed by atoms with van der Waals surface area (Å²) in [4.78, 5) is 0. The van der Waals surface area contributed by atoms with Gasteiger partial charge in [-0.15, -0.1) is 31.7 Å². The Bertz CT molecular complexity index is 289. The van der Waals surface area contributed by atoms with Crippen LogP contribution in [0.4, 0.5) is 0 Å². The zero-order valence-corrected chi connectivity index (χ0v) is 18.8. The van der Waals surface area contributed by atoms with Crippen LogP contribution < -0.4 is 0 Å². The normalized spacial score (nSPS) is 13.8. The predicted molar refractivity (Wildman–Crippen MR) is 90.7 cm³/mol. The van der Waals surface area contributed by atoms with E-state index in [0.29, 0.717) is 5.92 Å². The van der Waals surface area contributed by atoms with E-state index in [9.17, 15) is 0 Å². The van der Waals surface area contributed by atoms with E-state index in [-0.39, 0.29) is 38.8 Å². The minimum absolute atomic E-state index is 0. The third kappa shape index (κ3) is 21.2. The Labute approximate surface area is 150 Å². The standard InChI is InChI=1S/C9H13.C2H5O.CH4O.CH3.2ClH.O.H2Si.Zr/c1-6-5-7(2)9(4)8(6)3;1-2-3;1-2;;;;;;/h6H,1-4H3;3H,1-2H2;2H,1H3;1H3;2*1H;;1H2;/q2*-1;;-1;;;;;. The first-order valence-corrected chi connectivity index (χ1v) is 12.2. The Balaban J connectivity index is -0.0000000388. The number of aliphatic hydroxyl groups excluding tert-OH is 2. The average Bonchev–Trinajstić information content (AvgIpc) is 2.51. The molecular formula is C13H29Cl2O3SiZr-3. The zero-order chi connectivity index (χ0) is 14.4. The molecule has 0 fully saturated rings. The van der Waals surface area contributed by atoms with Crippen LogP contribution in [-0.4, -0.2) is 30.8 Å². The second-order valence-electron chi connectivity index (χ2n) is 3.17. The molecule has 1 atom stereocenters. The van der Waals surface area contributed by atoms with Gasteiger partial charge in [-0.1, -0.05) is 33.3 Å². The molecule has 0 heterocycles.